The van der Waals surface area contributed by atoms with Crippen molar-refractivity contribution in [3.8, 4) is 0 Å². The summed E-state index contributed by atoms with van der Waals surface area (Å²) in [5, 5.41) is 0.938. The van der Waals surface area contributed by atoms with Crippen molar-refractivity contribution in [2.45, 2.75) is 27.3 Å². The van der Waals surface area contributed by atoms with Crippen LogP contribution in [0.15, 0.2) is 28.1 Å². The molecule has 1 fully saturated rings. The Morgan fingerprint density at radius 3 is 2.46 bits per heavy atom. The molecule has 0 spiro atoms. The van der Waals surface area contributed by atoms with E-state index in [1.807, 2.05) is 0 Å². The topological polar surface area (TPSA) is 45.6 Å². The minimum absolute atomic E-state index is 0.0882. The lowest BCUT2D eigenvalue weighted by atomic mass is 10.4. The average Bonchev–Trinajstić information content (AvgIpc) is 3.17. The van der Waals surface area contributed by atoms with E-state index < -0.39 is 0 Å². The van der Waals surface area contributed by atoms with Crippen LogP contribution in [0.2, 0.25) is 0 Å². The van der Waals surface area contributed by atoms with Crippen LogP contribution in [0.3, 0.4) is 0 Å². The number of thiazole rings is 1. The SMILES string of the molecule is C=CCn1c(=O)/c(=C2/SC(C)=C(C)N2CC)s/c1=C1\SC(=S)N(C)C1=O. The summed E-state index contributed by atoms with van der Waals surface area (Å²) in [6, 6.07) is 0. The Bertz CT molecular complexity index is 1030. The van der Waals surface area contributed by atoms with Crippen molar-refractivity contribution in [3.05, 3.63) is 42.8 Å². The third-order valence-electron chi connectivity index (χ3n) is 4.27. The second-order valence-corrected chi connectivity index (χ2v) is 9.64. The lowest BCUT2D eigenvalue weighted by Gasteiger charge is -2.17. The first-order valence-corrected chi connectivity index (χ1v) is 10.9. The molecule has 0 unspecified atom stereocenters. The summed E-state index contributed by atoms with van der Waals surface area (Å²) in [5.41, 5.74) is 1.08. The Kier molecular flexibility index (Phi) is 5.53. The molecule has 0 saturated carbocycles. The number of hydrogen-bond acceptors (Lipinski definition) is 7. The predicted octanol–water partition coefficient (Wildman–Crippen LogP) is 2.08. The number of nitrogens with zero attached hydrogens (tertiary/aromatic N) is 3. The van der Waals surface area contributed by atoms with Gasteiger partial charge >= 0.3 is 0 Å². The van der Waals surface area contributed by atoms with E-state index in [0.717, 1.165) is 17.3 Å². The Morgan fingerprint density at radius 1 is 1.23 bits per heavy atom. The maximum Gasteiger partial charge on any atom is 0.272 e. The summed E-state index contributed by atoms with van der Waals surface area (Å²) in [6.07, 6.45) is 1.67. The quantitative estimate of drug-likeness (QED) is 0.546. The molecule has 5 nitrogen and oxygen atoms in total. The van der Waals surface area contributed by atoms with E-state index in [1.54, 1.807) is 29.5 Å². The first-order valence-electron chi connectivity index (χ1n) is 8.03. The number of carbonyl (C=O) groups excluding carboxylic acids is 1. The highest BCUT2D eigenvalue weighted by atomic mass is 32.2. The fourth-order valence-corrected chi connectivity index (χ4v) is 6.53. The first kappa shape index (κ1) is 19.5. The zero-order chi connectivity index (χ0) is 19.2. The van der Waals surface area contributed by atoms with Crippen LogP contribution in [-0.4, -0.2) is 38.2 Å². The van der Waals surface area contributed by atoms with E-state index in [-0.39, 0.29) is 11.5 Å². The molecule has 3 rings (SSSR count). The molecular formula is C17H19N3O2S4. The molecule has 9 heteroatoms. The van der Waals surface area contributed by atoms with Crippen molar-refractivity contribution in [3.63, 3.8) is 0 Å². The molecule has 1 saturated heterocycles. The number of thioether (sulfide) groups is 2. The van der Waals surface area contributed by atoms with E-state index in [4.69, 9.17) is 12.2 Å². The second-order valence-electron chi connectivity index (χ2n) is 5.80. The van der Waals surface area contributed by atoms with E-state index in [0.29, 0.717) is 25.0 Å². The molecule has 2 aliphatic heterocycles. The smallest absolute Gasteiger partial charge is 0.272 e. The van der Waals surface area contributed by atoms with Crippen LogP contribution in [0.4, 0.5) is 0 Å². The number of carbonyl (C=O) groups is 1. The molecule has 0 bridgehead atoms. The van der Waals surface area contributed by atoms with Gasteiger partial charge in [0.25, 0.3) is 11.5 Å². The predicted molar refractivity (Wildman–Crippen MR) is 116 cm³/mol. The van der Waals surface area contributed by atoms with Gasteiger partial charge in [-0.2, -0.15) is 0 Å². The third kappa shape index (κ3) is 3.00. The lowest BCUT2D eigenvalue weighted by molar-refractivity contribution is -0.119. The van der Waals surface area contributed by atoms with Crippen molar-refractivity contribution < 1.29 is 4.79 Å². The fourth-order valence-electron chi connectivity index (χ4n) is 2.75. The molecule has 0 radical (unpaired) electrons. The van der Waals surface area contributed by atoms with Gasteiger partial charge in [0.15, 0.2) is 0 Å². The summed E-state index contributed by atoms with van der Waals surface area (Å²) in [6.45, 7) is 11.1. The number of thiocarbonyl (C=S) groups is 1. The molecule has 3 heterocycles. The van der Waals surface area contributed by atoms with Crippen molar-refractivity contribution in [1.82, 2.24) is 14.4 Å². The highest BCUT2D eigenvalue weighted by Gasteiger charge is 2.32. The van der Waals surface area contributed by atoms with Gasteiger partial charge in [-0.3, -0.25) is 19.1 Å². The molecule has 1 aromatic rings. The monoisotopic (exact) mass is 425 g/mol. The van der Waals surface area contributed by atoms with Crippen LogP contribution >= 0.6 is 47.1 Å². The number of allylic oxidation sites excluding steroid dienone is 3. The average molecular weight is 426 g/mol. The van der Waals surface area contributed by atoms with Crippen LogP contribution in [0.25, 0.3) is 9.93 Å². The minimum Gasteiger partial charge on any atom is -0.338 e. The maximum absolute atomic E-state index is 13.1. The standard InChI is InChI=1S/C17H19N3O2S4/c1-6-8-20-14(22)12(15-19(7-2)9(3)10(4)24-15)25-16(20)11-13(21)18(5)17(23)26-11/h6H,1,7-8H2,2-5H3/b15-12-,16-11-. The van der Waals surface area contributed by atoms with Gasteiger partial charge in [0.05, 0.1) is 0 Å². The lowest BCUT2D eigenvalue weighted by Crippen LogP contribution is -2.34. The minimum atomic E-state index is -0.160. The van der Waals surface area contributed by atoms with Crippen molar-refractivity contribution in [2.75, 3.05) is 13.6 Å². The molecule has 26 heavy (non-hydrogen) atoms. The summed E-state index contributed by atoms with van der Waals surface area (Å²) in [4.78, 5) is 31.0. The van der Waals surface area contributed by atoms with Crippen molar-refractivity contribution >= 4 is 67.2 Å². The maximum atomic E-state index is 13.1. The van der Waals surface area contributed by atoms with Crippen LogP contribution in [-0.2, 0) is 11.3 Å². The Hall–Kier alpha value is -1.29. The third-order valence-corrected chi connectivity index (χ3v) is 8.48. The van der Waals surface area contributed by atoms with Crippen LogP contribution in [0.5, 0.6) is 0 Å². The van der Waals surface area contributed by atoms with Gasteiger partial charge < -0.3 is 4.90 Å². The molecule has 1 aromatic heterocycles. The van der Waals surface area contributed by atoms with E-state index in [1.165, 1.54) is 32.9 Å². The van der Waals surface area contributed by atoms with Crippen molar-refractivity contribution in [1.29, 1.82) is 0 Å². The molecule has 2 aliphatic rings. The molecule has 0 atom stereocenters. The van der Waals surface area contributed by atoms with Crippen LogP contribution in [0.1, 0.15) is 20.8 Å². The number of rotatable bonds is 3. The zero-order valence-electron chi connectivity index (χ0n) is 15.0. The van der Waals surface area contributed by atoms with E-state index in [2.05, 4.69) is 32.3 Å². The molecule has 0 aliphatic carbocycles. The van der Waals surface area contributed by atoms with Crippen LogP contribution in [0, 0.1) is 0 Å². The van der Waals surface area contributed by atoms with Gasteiger partial charge in [0, 0.05) is 30.7 Å². The molecule has 1 amide bonds. The largest absolute Gasteiger partial charge is 0.338 e. The number of hydrogen-bond donors (Lipinski definition) is 0. The molecular weight excluding hydrogens is 406 g/mol. The first-order chi connectivity index (χ1) is 12.3. The van der Waals surface area contributed by atoms with Gasteiger partial charge in [-0.05, 0) is 20.8 Å². The van der Waals surface area contributed by atoms with Gasteiger partial charge in [-0.1, -0.05) is 41.8 Å². The van der Waals surface area contributed by atoms with Crippen molar-refractivity contribution in [2.24, 2.45) is 0 Å². The van der Waals surface area contributed by atoms with E-state index in [9.17, 15) is 9.59 Å². The number of aromatic nitrogens is 1. The van der Waals surface area contributed by atoms with Gasteiger partial charge in [0.2, 0.25) is 0 Å². The van der Waals surface area contributed by atoms with E-state index >= 15 is 0 Å². The summed E-state index contributed by atoms with van der Waals surface area (Å²) < 4.78 is 3.44. The summed E-state index contributed by atoms with van der Waals surface area (Å²) in [5.74, 6) is -0.160. The summed E-state index contributed by atoms with van der Waals surface area (Å²) >= 11 is 9.46. The molecule has 0 aromatic carbocycles. The van der Waals surface area contributed by atoms with Gasteiger partial charge in [-0.15, -0.1) is 17.9 Å². The number of amides is 1. The fraction of sp³-hybridized carbons (Fsp3) is 0.353. The highest BCUT2D eigenvalue weighted by molar-refractivity contribution is 8.30. The van der Waals surface area contributed by atoms with Gasteiger partial charge in [-0.25, -0.2) is 0 Å². The van der Waals surface area contributed by atoms with Gasteiger partial charge in [0.1, 0.15) is 23.4 Å². The highest BCUT2D eigenvalue weighted by Crippen LogP contribution is 2.40. The Labute approximate surface area is 169 Å². The second kappa shape index (κ2) is 7.38. The molecule has 138 valence electrons. The normalized spacial score (nSPS) is 22.2. The Balaban J connectivity index is 2.35. The Morgan fingerprint density at radius 2 is 1.92 bits per heavy atom. The zero-order valence-corrected chi connectivity index (χ0v) is 18.3. The molecule has 0 N–H and O–H groups in total. The summed E-state index contributed by atoms with van der Waals surface area (Å²) in [7, 11) is 1.66. The van der Waals surface area contributed by atoms with Crippen LogP contribution < -0.4 is 14.8 Å².